The summed E-state index contributed by atoms with van der Waals surface area (Å²) in [6, 6.07) is 6.99. The van der Waals surface area contributed by atoms with Crippen LogP contribution in [0, 0.1) is 6.92 Å². The Labute approximate surface area is 109 Å². The van der Waals surface area contributed by atoms with Crippen LogP contribution >= 0.6 is 0 Å². The molecule has 0 N–H and O–H groups in total. The van der Waals surface area contributed by atoms with Crippen LogP contribution in [0.15, 0.2) is 24.4 Å². The van der Waals surface area contributed by atoms with Gasteiger partial charge in [0.1, 0.15) is 5.75 Å². The summed E-state index contributed by atoms with van der Waals surface area (Å²) >= 11 is 0. The van der Waals surface area contributed by atoms with Crippen molar-refractivity contribution >= 4 is 10.9 Å². The van der Waals surface area contributed by atoms with E-state index in [1.807, 2.05) is 0 Å². The Morgan fingerprint density at radius 2 is 2.06 bits per heavy atom. The summed E-state index contributed by atoms with van der Waals surface area (Å²) < 4.78 is 7.68. The Hall–Kier alpha value is -1.48. The van der Waals surface area contributed by atoms with Crippen molar-refractivity contribution in [2.75, 3.05) is 21.2 Å². The maximum atomic E-state index is 5.36. The number of nitrogens with zero attached hydrogens (tertiary/aromatic N) is 2. The Morgan fingerprint density at radius 3 is 2.67 bits per heavy atom. The van der Waals surface area contributed by atoms with E-state index in [1.54, 1.807) is 7.11 Å². The number of hydrogen-bond donors (Lipinski definition) is 0. The number of likely N-dealkylation sites (N-methyl/N-ethyl adjacent to an activating group) is 1. The van der Waals surface area contributed by atoms with Crippen molar-refractivity contribution in [3.63, 3.8) is 0 Å². The van der Waals surface area contributed by atoms with Gasteiger partial charge in [0.2, 0.25) is 0 Å². The second-order valence-corrected chi connectivity index (χ2v) is 5.16. The summed E-state index contributed by atoms with van der Waals surface area (Å²) in [5, 5.41) is 1.24. The number of fused-ring (bicyclic) bond motifs is 1. The molecular weight excluding hydrogens is 224 g/mol. The van der Waals surface area contributed by atoms with Crippen LogP contribution in [0.3, 0.4) is 0 Å². The van der Waals surface area contributed by atoms with Gasteiger partial charge in [0, 0.05) is 29.7 Å². The molecule has 0 fully saturated rings. The fraction of sp³-hybridized carbons (Fsp3) is 0.467. The molecule has 98 valence electrons. The molecule has 18 heavy (non-hydrogen) atoms. The first kappa shape index (κ1) is 13.0. The molecule has 0 amide bonds. The van der Waals surface area contributed by atoms with Crippen molar-refractivity contribution in [3.8, 4) is 5.75 Å². The van der Waals surface area contributed by atoms with Crippen molar-refractivity contribution in [1.82, 2.24) is 9.47 Å². The minimum absolute atomic E-state index is 0.517. The lowest BCUT2D eigenvalue weighted by Gasteiger charge is -2.21. The highest BCUT2D eigenvalue weighted by atomic mass is 16.5. The maximum Gasteiger partial charge on any atom is 0.122 e. The highest BCUT2D eigenvalue weighted by Gasteiger charge is 2.09. The van der Waals surface area contributed by atoms with Crippen LogP contribution in [-0.2, 0) is 6.54 Å². The molecule has 2 rings (SSSR count). The molecule has 2 aromatic rings. The summed E-state index contributed by atoms with van der Waals surface area (Å²) in [7, 11) is 5.95. The molecule has 1 heterocycles. The molecule has 0 unspecified atom stereocenters. The molecule has 0 aliphatic heterocycles. The average Bonchev–Trinajstić information content (AvgIpc) is 2.70. The van der Waals surface area contributed by atoms with Gasteiger partial charge in [-0.15, -0.1) is 0 Å². The number of aromatic nitrogens is 1. The summed E-state index contributed by atoms with van der Waals surface area (Å²) in [4.78, 5) is 2.24. The van der Waals surface area contributed by atoms with E-state index in [2.05, 4.69) is 61.8 Å². The van der Waals surface area contributed by atoms with Crippen LogP contribution in [0.25, 0.3) is 10.9 Å². The van der Waals surface area contributed by atoms with Gasteiger partial charge in [-0.3, -0.25) is 0 Å². The van der Waals surface area contributed by atoms with E-state index in [4.69, 9.17) is 4.74 Å². The fourth-order valence-electron chi connectivity index (χ4n) is 2.15. The second-order valence-electron chi connectivity index (χ2n) is 5.16. The highest BCUT2D eigenvalue weighted by Crippen LogP contribution is 2.26. The lowest BCUT2D eigenvalue weighted by molar-refractivity contribution is 0.286. The molecule has 0 bridgehead atoms. The number of ether oxygens (including phenoxy) is 1. The Kier molecular flexibility index (Phi) is 3.62. The van der Waals surface area contributed by atoms with E-state index in [0.29, 0.717) is 6.04 Å². The normalized spacial score (nSPS) is 13.2. The molecule has 1 atom stereocenters. The second kappa shape index (κ2) is 5.02. The van der Waals surface area contributed by atoms with E-state index in [1.165, 1.54) is 16.5 Å². The zero-order valence-corrected chi connectivity index (χ0v) is 11.9. The van der Waals surface area contributed by atoms with Crippen LogP contribution in [0.4, 0.5) is 0 Å². The largest absolute Gasteiger partial charge is 0.496 e. The third-order valence-electron chi connectivity index (χ3n) is 3.63. The molecular formula is C15H22N2O. The SMILES string of the molecule is COc1cc2ccn(C[C@@H](C)N(C)C)c2cc1C. The van der Waals surface area contributed by atoms with Gasteiger partial charge >= 0.3 is 0 Å². The minimum Gasteiger partial charge on any atom is -0.496 e. The van der Waals surface area contributed by atoms with Crippen molar-refractivity contribution in [2.45, 2.75) is 26.4 Å². The highest BCUT2D eigenvalue weighted by molar-refractivity contribution is 5.82. The Morgan fingerprint density at radius 1 is 1.33 bits per heavy atom. The summed E-state index contributed by atoms with van der Waals surface area (Å²) in [6.45, 7) is 5.33. The number of rotatable bonds is 4. The average molecular weight is 246 g/mol. The summed E-state index contributed by atoms with van der Waals surface area (Å²) in [6.07, 6.45) is 2.16. The molecule has 0 spiro atoms. The Bertz CT molecular complexity index is 543. The molecule has 3 nitrogen and oxygen atoms in total. The molecule has 1 aromatic carbocycles. The van der Waals surface area contributed by atoms with Crippen molar-refractivity contribution in [3.05, 3.63) is 30.0 Å². The van der Waals surface area contributed by atoms with Gasteiger partial charge in [0.05, 0.1) is 7.11 Å². The molecule has 1 aromatic heterocycles. The molecule has 0 saturated carbocycles. The standard InChI is InChI=1S/C15H22N2O/c1-11-8-14-13(9-15(11)18-5)6-7-17(14)10-12(2)16(3)4/h6-9,12H,10H2,1-5H3/t12-/m1/s1. The van der Waals surface area contributed by atoms with Gasteiger partial charge in [0.25, 0.3) is 0 Å². The number of hydrogen-bond acceptors (Lipinski definition) is 2. The van der Waals surface area contributed by atoms with E-state index in [-0.39, 0.29) is 0 Å². The van der Waals surface area contributed by atoms with Crippen LogP contribution in [0.5, 0.6) is 5.75 Å². The van der Waals surface area contributed by atoms with Gasteiger partial charge in [-0.1, -0.05) is 0 Å². The first-order valence-corrected chi connectivity index (χ1v) is 6.33. The smallest absolute Gasteiger partial charge is 0.122 e. The van der Waals surface area contributed by atoms with Gasteiger partial charge in [0.15, 0.2) is 0 Å². The van der Waals surface area contributed by atoms with Gasteiger partial charge in [-0.2, -0.15) is 0 Å². The van der Waals surface area contributed by atoms with Crippen molar-refractivity contribution < 1.29 is 4.74 Å². The van der Waals surface area contributed by atoms with Crippen LogP contribution in [-0.4, -0.2) is 36.7 Å². The van der Waals surface area contributed by atoms with Gasteiger partial charge < -0.3 is 14.2 Å². The monoisotopic (exact) mass is 246 g/mol. The lowest BCUT2D eigenvalue weighted by atomic mass is 10.1. The van der Waals surface area contributed by atoms with Crippen molar-refractivity contribution in [2.24, 2.45) is 0 Å². The maximum absolute atomic E-state index is 5.36. The zero-order valence-electron chi connectivity index (χ0n) is 11.9. The van der Waals surface area contributed by atoms with Crippen LogP contribution in [0.2, 0.25) is 0 Å². The van der Waals surface area contributed by atoms with E-state index in [0.717, 1.165) is 12.3 Å². The quantitative estimate of drug-likeness (QED) is 0.825. The topological polar surface area (TPSA) is 17.4 Å². The Balaban J connectivity index is 2.39. The molecule has 0 saturated heterocycles. The first-order chi connectivity index (χ1) is 8.52. The third-order valence-corrected chi connectivity index (χ3v) is 3.63. The lowest BCUT2D eigenvalue weighted by Crippen LogP contribution is -2.28. The minimum atomic E-state index is 0.517. The number of aryl methyl sites for hydroxylation is 1. The van der Waals surface area contributed by atoms with E-state index >= 15 is 0 Å². The molecule has 3 heteroatoms. The summed E-state index contributed by atoms with van der Waals surface area (Å²) in [5.74, 6) is 0.959. The molecule has 0 aliphatic carbocycles. The van der Waals surface area contributed by atoms with Gasteiger partial charge in [-0.05, 0) is 51.7 Å². The molecule has 0 aliphatic rings. The van der Waals surface area contributed by atoms with Crippen LogP contribution in [0.1, 0.15) is 12.5 Å². The van der Waals surface area contributed by atoms with E-state index < -0.39 is 0 Å². The summed E-state index contributed by atoms with van der Waals surface area (Å²) in [5.41, 5.74) is 2.46. The molecule has 0 radical (unpaired) electrons. The number of methoxy groups -OCH3 is 1. The van der Waals surface area contributed by atoms with Crippen LogP contribution < -0.4 is 4.74 Å². The third kappa shape index (κ3) is 2.36. The van der Waals surface area contributed by atoms with Gasteiger partial charge in [-0.25, -0.2) is 0 Å². The predicted molar refractivity (Wildman–Crippen MR) is 76.4 cm³/mol. The number of benzene rings is 1. The first-order valence-electron chi connectivity index (χ1n) is 6.33. The zero-order chi connectivity index (χ0) is 13.3. The van der Waals surface area contributed by atoms with E-state index in [9.17, 15) is 0 Å². The predicted octanol–water partition coefficient (Wildman–Crippen LogP) is 2.91. The van der Waals surface area contributed by atoms with Crippen molar-refractivity contribution in [1.29, 1.82) is 0 Å². The fourth-order valence-corrected chi connectivity index (χ4v) is 2.15.